The van der Waals surface area contributed by atoms with Crippen molar-refractivity contribution >= 4 is 40.9 Å². The molecule has 2 amide bonds. The Balaban J connectivity index is 2.23. The van der Waals surface area contributed by atoms with Gasteiger partial charge < -0.3 is 15.3 Å². The van der Waals surface area contributed by atoms with E-state index in [4.69, 9.17) is 23.2 Å². The zero-order valence-corrected chi connectivity index (χ0v) is 12.3. The second-order valence-corrected chi connectivity index (χ2v) is 5.68. The number of carbonyl (C=O) groups is 2. The number of hydrogen-bond acceptors (Lipinski definition) is 2. The first-order valence-electron chi connectivity index (χ1n) is 6.12. The van der Waals surface area contributed by atoms with Crippen molar-refractivity contribution in [3.63, 3.8) is 0 Å². The van der Waals surface area contributed by atoms with Gasteiger partial charge in [0, 0.05) is 6.54 Å². The molecule has 0 radical (unpaired) electrons. The van der Waals surface area contributed by atoms with Crippen LogP contribution in [-0.2, 0) is 4.79 Å². The van der Waals surface area contributed by atoms with Crippen molar-refractivity contribution < 1.29 is 14.7 Å². The van der Waals surface area contributed by atoms with E-state index in [0.717, 1.165) is 0 Å². The predicted molar refractivity (Wildman–Crippen MR) is 77.5 cm³/mol. The van der Waals surface area contributed by atoms with Crippen LogP contribution in [0.25, 0.3) is 0 Å². The van der Waals surface area contributed by atoms with Gasteiger partial charge in [0.05, 0.1) is 15.7 Å². The van der Waals surface area contributed by atoms with Crippen LogP contribution in [0.5, 0.6) is 0 Å². The van der Waals surface area contributed by atoms with Crippen LogP contribution >= 0.6 is 23.2 Å². The van der Waals surface area contributed by atoms with E-state index < -0.39 is 17.5 Å². The van der Waals surface area contributed by atoms with Crippen molar-refractivity contribution in [2.75, 3.05) is 11.9 Å². The first-order valence-corrected chi connectivity index (χ1v) is 6.88. The fraction of sp³-hybridized carbons (Fsp3) is 0.385. The molecule has 1 heterocycles. The molecule has 1 aromatic rings. The molecule has 1 atom stereocenters. The Morgan fingerprint density at radius 2 is 1.95 bits per heavy atom. The lowest BCUT2D eigenvalue weighted by Crippen LogP contribution is -2.52. The number of nitrogens with one attached hydrogen (secondary N) is 1. The van der Waals surface area contributed by atoms with Gasteiger partial charge in [-0.1, -0.05) is 29.3 Å². The summed E-state index contributed by atoms with van der Waals surface area (Å²) in [5.41, 5.74) is -0.905. The number of hydrogen-bond donors (Lipinski definition) is 2. The molecule has 0 aliphatic carbocycles. The molecule has 0 bridgehead atoms. The molecule has 0 aromatic heterocycles. The van der Waals surface area contributed by atoms with Crippen molar-refractivity contribution in [2.45, 2.75) is 25.3 Å². The molecule has 1 aromatic carbocycles. The van der Waals surface area contributed by atoms with E-state index in [9.17, 15) is 14.7 Å². The average molecular weight is 317 g/mol. The van der Waals surface area contributed by atoms with Crippen molar-refractivity contribution in [3.05, 3.63) is 28.2 Å². The highest BCUT2D eigenvalue weighted by atomic mass is 35.5. The number of aliphatic carboxylic acids is 1. The number of benzene rings is 1. The zero-order valence-electron chi connectivity index (χ0n) is 10.8. The topological polar surface area (TPSA) is 69.6 Å². The Bertz CT molecular complexity index is 544. The summed E-state index contributed by atoms with van der Waals surface area (Å²) in [6, 6.07) is 4.35. The van der Waals surface area contributed by atoms with Crippen molar-refractivity contribution in [1.82, 2.24) is 4.90 Å². The lowest BCUT2D eigenvalue weighted by molar-refractivity contribution is -0.146. The van der Waals surface area contributed by atoms with Gasteiger partial charge in [0.2, 0.25) is 0 Å². The molecular weight excluding hydrogens is 303 g/mol. The third kappa shape index (κ3) is 2.55. The van der Waals surface area contributed by atoms with Crippen molar-refractivity contribution in [1.29, 1.82) is 0 Å². The van der Waals surface area contributed by atoms with E-state index in [-0.39, 0.29) is 0 Å². The SMILES string of the molecule is CC1(C(=O)O)CCCN1C(=O)Nc1c(Cl)cccc1Cl. The number of para-hydroxylation sites is 1. The van der Waals surface area contributed by atoms with E-state index in [1.54, 1.807) is 18.2 Å². The summed E-state index contributed by atoms with van der Waals surface area (Å²) in [6.07, 6.45) is 1.07. The monoisotopic (exact) mass is 316 g/mol. The second kappa shape index (κ2) is 5.50. The largest absolute Gasteiger partial charge is 0.480 e. The van der Waals surface area contributed by atoms with E-state index in [0.29, 0.717) is 35.1 Å². The lowest BCUT2D eigenvalue weighted by Gasteiger charge is -2.31. The van der Waals surface area contributed by atoms with Gasteiger partial charge in [0.25, 0.3) is 0 Å². The van der Waals surface area contributed by atoms with E-state index in [1.807, 2.05) is 0 Å². The first kappa shape index (κ1) is 14.9. The van der Waals surface area contributed by atoms with E-state index in [2.05, 4.69) is 5.32 Å². The molecule has 1 aliphatic rings. The molecule has 2 rings (SSSR count). The number of anilines is 1. The van der Waals surface area contributed by atoms with Gasteiger partial charge in [-0.2, -0.15) is 0 Å². The average Bonchev–Trinajstić information content (AvgIpc) is 2.77. The van der Waals surface area contributed by atoms with Crippen LogP contribution in [0.1, 0.15) is 19.8 Å². The van der Waals surface area contributed by atoms with Crippen LogP contribution in [0.3, 0.4) is 0 Å². The molecule has 108 valence electrons. The standard InChI is InChI=1S/C13H14Cl2N2O3/c1-13(11(18)19)6-3-7-17(13)12(20)16-10-8(14)4-2-5-9(10)15/h2,4-5H,3,6-7H2,1H3,(H,16,20)(H,18,19). The van der Waals surface area contributed by atoms with Crippen LogP contribution in [0.15, 0.2) is 18.2 Å². The Kier molecular flexibility index (Phi) is 4.11. The van der Waals surface area contributed by atoms with Gasteiger partial charge in [-0.3, -0.25) is 0 Å². The normalized spacial score (nSPS) is 21.9. The molecule has 20 heavy (non-hydrogen) atoms. The zero-order chi connectivity index (χ0) is 14.9. The maximum absolute atomic E-state index is 12.3. The number of carbonyl (C=O) groups excluding carboxylic acids is 1. The van der Waals surface area contributed by atoms with Crippen LogP contribution in [0.4, 0.5) is 10.5 Å². The molecular formula is C13H14Cl2N2O3. The van der Waals surface area contributed by atoms with Crippen molar-refractivity contribution in [3.8, 4) is 0 Å². The number of rotatable bonds is 2. The molecule has 0 spiro atoms. The summed E-state index contributed by atoms with van der Waals surface area (Å²) < 4.78 is 0. The molecule has 1 saturated heterocycles. The fourth-order valence-corrected chi connectivity index (χ4v) is 2.79. The maximum Gasteiger partial charge on any atom is 0.329 e. The summed E-state index contributed by atoms with van der Waals surface area (Å²) in [4.78, 5) is 24.9. The highest BCUT2D eigenvalue weighted by Crippen LogP contribution is 2.33. The van der Waals surface area contributed by atoms with Gasteiger partial charge in [0.15, 0.2) is 0 Å². The van der Waals surface area contributed by atoms with E-state index >= 15 is 0 Å². The summed E-state index contributed by atoms with van der Waals surface area (Å²) in [5.74, 6) is -1.02. The van der Waals surface area contributed by atoms with Crippen LogP contribution in [-0.4, -0.2) is 34.1 Å². The number of carboxylic acids is 1. The van der Waals surface area contributed by atoms with Crippen LogP contribution in [0, 0.1) is 0 Å². The quantitative estimate of drug-likeness (QED) is 0.877. The van der Waals surface area contributed by atoms with Gasteiger partial charge in [-0.05, 0) is 31.9 Å². The molecule has 1 fully saturated rings. The minimum Gasteiger partial charge on any atom is -0.480 e. The number of likely N-dealkylation sites (tertiary alicyclic amines) is 1. The number of amides is 2. The molecule has 7 heteroatoms. The van der Waals surface area contributed by atoms with Crippen LogP contribution < -0.4 is 5.32 Å². The Morgan fingerprint density at radius 3 is 2.50 bits per heavy atom. The number of halogens is 2. The highest BCUT2D eigenvalue weighted by molar-refractivity contribution is 6.39. The molecule has 2 N–H and O–H groups in total. The Morgan fingerprint density at radius 1 is 1.35 bits per heavy atom. The minimum absolute atomic E-state index is 0.292. The van der Waals surface area contributed by atoms with Gasteiger partial charge in [-0.25, -0.2) is 9.59 Å². The molecule has 1 aliphatic heterocycles. The first-order chi connectivity index (χ1) is 9.36. The van der Waals surface area contributed by atoms with Gasteiger partial charge >= 0.3 is 12.0 Å². The number of nitrogens with zero attached hydrogens (tertiary/aromatic N) is 1. The highest BCUT2D eigenvalue weighted by Gasteiger charge is 2.46. The number of carboxylic acid groups (broad SMARTS) is 1. The minimum atomic E-state index is -1.20. The van der Waals surface area contributed by atoms with Gasteiger partial charge in [-0.15, -0.1) is 0 Å². The van der Waals surface area contributed by atoms with Gasteiger partial charge in [0.1, 0.15) is 5.54 Å². The third-order valence-electron chi connectivity index (χ3n) is 3.54. The Hall–Kier alpha value is -1.46. The lowest BCUT2D eigenvalue weighted by atomic mass is 10.00. The maximum atomic E-state index is 12.3. The smallest absolute Gasteiger partial charge is 0.329 e. The summed E-state index contributed by atoms with van der Waals surface area (Å²) in [6.45, 7) is 1.92. The van der Waals surface area contributed by atoms with E-state index in [1.165, 1.54) is 11.8 Å². The fourth-order valence-electron chi connectivity index (χ4n) is 2.30. The predicted octanol–water partition coefficient (Wildman–Crippen LogP) is 3.46. The Labute approximate surface area is 126 Å². The molecule has 0 saturated carbocycles. The number of urea groups is 1. The summed E-state index contributed by atoms with van der Waals surface area (Å²) >= 11 is 12.0. The second-order valence-electron chi connectivity index (χ2n) is 4.86. The molecule has 1 unspecified atom stereocenters. The van der Waals surface area contributed by atoms with Crippen molar-refractivity contribution in [2.24, 2.45) is 0 Å². The summed E-state index contributed by atoms with van der Waals surface area (Å²) in [7, 11) is 0. The van der Waals surface area contributed by atoms with Crippen LogP contribution in [0.2, 0.25) is 10.0 Å². The summed E-state index contributed by atoms with van der Waals surface area (Å²) in [5, 5.41) is 12.5. The third-order valence-corrected chi connectivity index (χ3v) is 4.17. The molecule has 5 nitrogen and oxygen atoms in total.